The summed E-state index contributed by atoms with van der Waals surface area (Å²) in [6.45, 7) is 0. The van der Waals surface area contributed by atoms with Crippen LogP contribution >= 0.6 is 23.2 Å². The predicted octanol–water partition coefficient (Wildman–Crippen LogP) is 1.80. The third-order valence-corrected chi connectivity index (χ3v) is 2.30. The largest absolute Gasteiger partial charge is 0.369 e. The van der Waals surface area contributed by atoms with Gasteiger partial charge >= 0.3 is 0 Å². The highest BCUT2D eigenvalue weighted by Gasteiger charge is 1.97. The van der Waals surface area contributed by atoms with Gasteiger partial charge in [-0.2, -0.15) is 5.10 Å². The van der Waals surface area contributed by atoms with Crippen molar-refractivity contribution in [1.29, 1.82) is 0 Å². The fraction of sp³-hybridized carbons (Fsp3) is 0.111. The second-order valence-electron chi connectivity index (χ2n) is 2.78. The molecule has 0 fully saturated rings. The van der Waals surface area contributed by atoms with Crippen molar-refractivity contribution in [2.75, 3.05) is 0 Å². The van der Waals surface area contributed by atoms with Crippen LogP contribution in [0.2, 0.25) is 10.0 Å². The van der Waals surface area contributed by atoms with Crippen LogP contribution in [0.15, 0.2) is 28.4 Å². The Morgan fingerprint density at radius 1 is 1.27 bits per heavy atom. The molecule has 0 aliphatic carbocycles. The SMILES string of the molecule is NC(N)=NN=CCc1ccc(Cl)c(Cl)c1. The van der Waals surface area contributed by atoms with Crippen LogP contribution in [-0.2, 0) is 6.42 Å². The molecule has 0 unspecified atom stereocenters. The van der Waals surface area contributed by atoms with Crippen molar-refractivity contribution in [1.82, 2.24) is 0 Å². The summed E-state index contributed by atoms with van der Waals surface area (Å²) in [5.41, 5.74) is 11.2. The van der Waals surface area contributed by atoms with E-state index in [9.17, 15) is 0 Å². The molecule has 0 aromatic heterocycles. The molecule has 0 aliphatic rings. The highest BCUT2D eigenvalue weighted by atomic mass is 35.5. The van der Waals surface area contributed by atoms with Crippen LogP contribution in [0.25, 0.3) is 0 Å². The van der Waals surface area contributed by atoms with Crippen LogP contribution in [0.5, 0.6) is 0 Å². The van der Waals surface area contributed by atoms with Gasteiger partial charge in [-0.05, 0) is 17.7 Å². The van der Waals surface area contributed by atoms with Gasteiger partial charge in [0.2, 0.25) is 5.96 Å². The van der Waals surface area contributed by atoms with Crippen molar-refractivity contribution >= 4 is 35.4 Å². The number of nitrogens with zero attached hydrogens (tertiary/aromatic N) is 2. The number of benzene rings is 1. The summed E-state index contributed by atoms with van der Waals surface area (Å²) in [4.78, 5) is 0. The smallest absolute Gasteiger partial charge is 0.211 e. The summed E-state index contributed by atoms with van der Waals surface area (Å²) < 4.78 is 0. The van der Waals surface area contributed by atoms with E-state index in [1.165, 1.54) is 0 Å². The lowest BCUT2D eigenvalue weighted by Crippen LogP contribution is -2.21. The molecule has 0 heterocycles. The third kappa shape index (κ3) is 4.18. The first-order chi connectivity index (χ1) is 7.09. The number of rotatable bonds is 3. The van der Waals surface area contributed by atoms with Crippen LogP contribution in [0.3, 0.4) is 0 Å². The van der Waals surface area contributed by atoms with Gasteiger partial charge in [0.15, 0.2) is 0 Å². The lowest BCUT2D eigenvalue weighted by molar-refractivity contribution is 1.19. The molecule has 0 aliphatic heterocycles. The average molecular weight is 245 g/mol. The Morgan fingerprint density at radius 2 is 2.00 bits per heavy atom. The zero-order valence-corrected chi connectivity index (χ0v) is 9.33. The van der Waals surface area contributed by atoms with Crippen molar-refractivity contribution in [2.24, 2.45) is 21.7 Å². The van der Waals surface area contributed by atoms with Gasteiger partial charge in [0.05, 0.1) is 10.0 Å². The van der Waals surface area contributed by atoms with E-state index in [-0.39, 0.29) is 5.96 Å². The molecule has 1 rings (SSSR count). The predicted molar refractivity (Wildman–Crippen MR) is 64.5 cm³/mol. The Bertz CT molecular complexity index is 397. The van der Waals surface area contributed by atoms with E-state index in [1.807, 2.05) is 6.07 Å². The highest BCUT2D eigenvalue weighted by Crippen LogP contribution is 2.22. The maximum absolute atomic E-state index is 5.83. The van der Waals surface area contributed by atoms with E-state index in [2.05, 4.69) is 10.2 Å². The number of halogens is 2. The molecule has 1 aromatic carbocycles. The van der Waals surface area contributed by atoms with Gasteiger partial charge in [-0.25, -0.2) is 0 Å². The zero-order chi connectivity index (χ0) is 11.3. The number of guanidine groups is 1. The van der Waals surface area contributed by atoms with Gasteiger partial charge in [-0.1, -0.05) is 29.3 Å². The molecule has 0 saturated heterocycles. The van der Waals surface area contributed by atoms with Gasteiger partial charge in [-0.3, -0.25) is 0 Å². The second kappa shape index (κ2) is 5.58. The van der Waals surface area contributed by atoms with E-state index in [0.29, 0.717) is 16.5 Å². The van der Waals surface area contributed by atoms with Crippen LogP contribution in [0.1, 0.15) is 5.56 Å². The van der Waals surface area contributed by atoms with Gasteiger partial charge in [0.1, 0.15) is 0 Å². The lowest BCUT2D eigenvalue weighted by Gasteiger charge is -1.98. The molecular formula is C9H10Cl2N4. The van der Waals surface area contributed by atoms with E-state index in [4.69, 9.17) is 34.7 Å². The van der Waals surface area contributed by atoms with E-state index < -0.39 is 0 Å². The number of hydrogen-bond donors (Lipinski definition) is 2. The Kier molecular flexibility index (Phi) is 4.39. The maximum Gasteiger partial charge on any atom is 0.211 e. The first-order valence-electron chi connectivity index (χ1n) is 4.14. The molecule has 1 aromatic rings. The Labute approximate surface area is 97.6 Å². The molecule has 0 bridgehead atoms. The van der Waals surface area contributed by atoms with Crippen LogP contribution in [0, 0.1) is 0 Å². The molecule has 15 heavy (non-hydrogen) atoms. The normalized spacial score (nSPS) is 10.5. The minimum absolute atomic E-state index is 0.0691. The van der Waals surface area contributed by atoms with E-state index in [1.54, 1.807) is 18.3 Å². The fourth-order valence-corrected chi connectivity index (χ4v) is 1.24. The molecule has 4 nitrogen and oxygen atoms in total. The molecule has 6 heteroatoms. The van der Waals surface area contributed by atoms with Crippen LogP contribution < -0.4 is 11.5 Å². The van der Waals surface area contributed by atoms with Crippen molar-refractivity contribution in [3.8, 4) is 0 Å². The van der Waals surface area contributed by atoms with Crippen molar-refractivity contribution in [2.45, 2.75) is 6.42 Å². The lowest BCUT2D eigenvalue weighted by atomic mass is 10.2. The van der Waals surface area contributed by atoms with E-state index >= 15 is 0 Å². The van der Waals surface area contributed by atoms with Crippen molar-refractivity contribution in [3.63, 3.8) is 0 Å². The third-order valence-electron chi connectivity index (χ3n) is 1.57. The van der Waals surface area contributed by atoms with Crippen molar-refractivity contribution in [3.05, 3.63) is 33.8 Å². The fourth-order valence-electron chi connectivity index (χ4n) is 0.920. The average Bonchev–Trinajstić information content (AvgIpc) is 2.18. The summed E-state index contributed by atoms with van der Waals surface area (Å²) in [6.07, 6.45) is 2.17. The standard InChI is InChI=1S/C9H10Cl2N4/c10-7-2-1-6(5-8(7)11)3-4-14-15-9(12)13/h1-2,4-5H,3H2,(H4,12,13,15). The maximum atomic E-state index is 5.83. The molecule has 0 radical (unpaired) electrons. The summed E-state index contributed by atoms with van der Waals surface area (Å²) in [5, 5.41) is 8.16. The van der Waals surface area contributed by atoms with Crippen LogP contribution in [-0.4, -0.2) is 12.2 Å². The van der Waals surface area contributed by atoms with Crippen LogP contribution in [0.4, 0.5) is 0 Å². The summed E-state index contributed by atoms with van der Waals surface area (Å²) in [5.74, 6) is -0.0691. The molecule has 80 valence electrons. The second-order valence-corrected chi connectivity index (χ2v) is 3.59. The molecule has 4 N–H and O–H groups in total. The topological polar surface area (TPSA) is 76.8 Å². The molecular weight excluding hydrogens is 235 g/mol. The summed E-state index contributed by atoms with van der Waals surface area (Å²) in [7, 11) is 0. The van der Waals surface area contributed by atoms with Gasteiger partial charge in [0.25, 0.3) is 0 Å². The van der Waals surface area contributed by atoms with E-state index in [0.717, 1.165) is 5.56 Å². The molecule has 0 saturated carbocycles. The van der Waals surface area contributed by atoms with Gasteiger partial charge < -0.3 is 11.5 Å². The highest BCUT2D eigenvalue weighted by molar-refractivity contribution is 6.42. The van der Waals surface area contributed by atoms with Gasteiger partial charge in [0, 0.05) is 12.6 Å². The Hall–Kier alpha value is -1.26. The Morgan fingerprint density at radius 3 is 2.60 bits per heavy atom. The molecule has 0 amide bonds. The minimum Gasteiger partial charge on any atom is -0.369 e. The summed E-state index contributed by atoms with van der Waals surface area (Å²) in [6, 6.07) is 5.36. The van der Waals surface area contributed by atoms with Gasteiger partial charge in [-0.15, -0.1) is 5.10 Å². The van der Waals surface area contributed by atoms with Crippen molar-refractivity contribution < 1.29 is 0 Å². The quantitative estimate of drug-likeness (QED) is 0.484. The number of nitrogens with two attached hydrogens (primary N) is 2. The Balaban J connectivity index is 2.62. The minimum atomic E-state index is -0.0691. The first kappa shape index (κ1) is 11.8. The molecule has 0 spiro atoms. The monoisotopic (exact) mass is 244 g/mol. The number of hydrogen-bond acceptors (Lipinski definition) is 2. The summed E-state index contributed by atoms with van der Waals surface area (Å²) >= 11 is 11.6. The molecule has 0 atom stereocenters. The zero-order valence-electron chi connectivity index (χ0n) is 7.82. The first-order valence-corrected chi connectivity index (χ1v) is 4.89.